The van der Waals surface area contributed by atoms with Gasteiger partial charge in [-0.3, -0.25) is 4.79 Å². The van der Waals surface area contributed by atoms with E-state index >= 15 is 0 Å². The van der Waals surface area contributed by atoms with Crippen molar-refractivity contribution >= 4 is 23.0 Å². The Kier molecular flexibility index (Phi) is 7.03. The van der Waals surface area contributed by atoms with Gasteiger partial charge in [0, 0.05) is 37.1 Å². The van der Waals surface area contributed by atoms with E-state index in [1.807, 2.05) is 12.1 Å². The third-order valence-corrected chi connectivity index (χ3v) is 5.23. The highest BCUT2D eigenvalue weighted by Gasteiger charge is 2.19. The van der Waals surface area contributed by atoms with Crippen LogP contribution in [0, 0.1) is 0 Å². The maximum absolute atomic E-state index is 8.58. The molecule has 0 radical (unpaired) electrons. The molecule has 0 saturated carbocycles. The second kappa shape index (κ2) is 9.89. The predicted octanol–water partition coefficient (Wildman–Crippen LogP) is 3.15. The monoisotopic (exact) mass is 392 g/mol. The number of benzene rings is 2. The number of primary amides is 1. The van der Waals surface area contributed by atoms with Crippen LogP contribution in [-0.4, -0.2) is 56.1 Å². The van der Waals surface area contributed by atoms with Gasteiger partial charge >= 0.3 is 0 Å². The number of nitrogens with two attached hydrogens (primary N) is 1. The quantitative estimate of drug-likeness (QED) is 0.691. The summed E-state index contributed by atoms with van der Waals surface area (Å²) in [5.74, 6) is 1.97. The zero-order chi connectivity index (χ0) is 20.6. The lowest BCUT2D eigenvalue weighted by Gasteiger charge is -2.35. The molecule has 0 unspecified atom stereocenters. The summed E-state index contributed by atoms with van der Waals surface area (Å²) in [7, 11) is 1.69. The molecule has 3 aromatic rings. The van der Waals surface area contributed by atoms with Crippen molar-refractivity contribution in [3.05, 3.63) is 54.6 Å². The zero-order valence-corrected chi connectivity index (χ0v) is 17.0. The number of piperazine rings is 1. The Balaban J connectivity index is 0.000000755. The minimum Gasteiger partial charge on any atom is -0.497 e. The molecule has 0 atom stereocenters. The van der Waals surface area contributed by atoms with Gasteiger partial charge in [0.05, 0.1) is 12.8 Å². The maximum Gasteiger partial charge on any atom is 0.204 e. The molecule has 6 heteroatoms. The number of anilines is 1. The fourth-order valence-corrected chi connectivity index (χ4v) is 3.61. The van der Waals surface area contributed by atoms with Crippen LogP contribution in [0.25, 0.3) is 22.0 Å². The zero-order valence-electron chi connectivity index (χ0n) is 17.0. The lowest BCUT2D eigenvalue weighted by atomic mass is 10.1. The van der Waals surface area contributed by atoms with Gasteiger partial charge in [-0.1, -0.05) is 31.2 Å². The van der Waals surface area contributed by atoms with Gasteiger partial charge in [0.1, 0.15) is 11.6 Å². The molecular weight excluding hydrogens is 364 g/mol. The Hall–Kier alpha value is -3.12. The van der Waals surface area contributed by atoms with Crippen LogP contribution in [0.5, 0.6) is 5.75 Å². The largest absolute Gasteiger partial charge is 0.497 e. The standard InChI is InChI=1S/C22H25N3O.CH3NO/c1-3-24-12-14-25(15-13-24)22-20-7-5-4-6-18(20)16-21(23-22)17-8-10-19(26-2)11-9-17;2-1-3/h4-11,16H,3,12-15H2,1-2H3;1H,(H2,2,3). The predicted molar refractivity (Wildman–Crippen MR) is 118 cm³/mol. The molecule has 6 nitrogen and oxygen atoms in total. The first-order valence-electron chi connectivity index (χ1n) is 9.87. The van der Waals surface area contributed by atoms with Crippen molar-refractivity contribution in [2.75, 3.05) is 44.7 Å². The molecule has 1 aliphatic rings. The number of aromatic nitrogens is 1. The topological polar surface area (TPSA) is 71.7 Å². The number of nitrogens with zero attached hydrogens (tertiary/aromatic N) is 3. The number of hydrogen-bond acceptors (Lipinski definition) is 5. The molecule has 1 aromatic heterocycles. The summed E-state index contributed by atoms with van der Waals surface area (Å²) in [5.41, 5.74) is 6.30. The van der Waals surface area contributed by atoms with Gasteiger partial charge < -0.3 is 20.3 Å². The van der Waals surface area contributed by atoms with Gasteiger partial charge in [0.2, 0.25) is 6.41 Å². The highest BCUT2D eigenvalue weighted by molar-refractivity contribution is 5.95. The van der Waals surface area contributed by atoms with Crippen LogP contribution in [0.2, 0.25) is 0 Å². The molecule has 0 spiro atoms. The van der Waals surface area contributed by atoms with Crippen molar-refractivity contribution in [2.24, 2.45) is 5.73 Å². The van der Waals surface area contributed by atoms with Crippen molar-refractivity contribution < 1.29 is 9.53 Å². The number of hydrogen-bond donors (Lipinski definition) is 1. The first-order valence-corrected chi connectivity index (χ1v) is 9.87. The Bertz CT molecular complexity index is 935. The van der Waals surface area contributed by atoms with Crippen LogP contribution in [-0.2, 0) is 4.79 Å². The number of pyridine rings is 1. The van der Waals surface area contributed by atoms with Gasteiger partial charge in [-0.15, -0.1) is 0 Å². The summed E-state index contributed by atoms with van der Waals surface area (Å²) in [6, 6.07) is 18.9. The SMILES string of the molecule is CCN1CCN(c2nc(-c3ccc(OC)cc3)cc3ccccc23)CC1.NC=O. The first kappa shape index (κ1) is 20.6. The maximum atomic E-state index is 8.58. The van der Waals surface area contributed by atoms with Crippen LogP contribution in [0.3, 0.4) is 0 Å². The molecule has 1 aliphatic heterocycles. The highest BCUT2D eigenvalue weighted by atomic mass is 16.5. The molecule has 4 rings (SSSR count). The number of likely N-dealkylation sites (N-methyl/N-ethyl adjacent to an activating group) is 1. The van der Waals surface area contributed by atoms with E-state index in [-0.39, 0.29) is 6.41 Å². The highest BCUT2D eigenvalue weighted by Crippen LogP contribution is 2.31. The fraction of sp³-hybridized carbons (Fsp3) is 0.304. The normalized spacial score (nSPS) is 14.2. The minimum atomic E-state index is 0.250. The van der Waals surface area contributed by atoms with Crippen LogP contribution >= 0.6 is 0 Å². The van der Waals surface area contributed by atoms with E-state index in [9.17, 15) is 0 Å². The number of fused-ring (bicyclic) bond motifs is 1. The summed E-state index contributed by atoms with van der Waals surface area (Å²) in [5, 5.41) is 2.47. The molecule has 2 aromatic carbocycles. The van der Waals surface area contributed by atoms with Crippen LogP contribution < -0.4 is 15.4 Å². The van der Waals surface area contributed by atoms with E-state index < -0.39 is 0 Å². The molecule has 0 bridgehead atoms. The summed E-state index contributed by atoms with van der Waals surface area (Å²) >= 11 is 0. The number of carbonyl (C=O) groups excluding carboxylic acids is 1. The fourth-order valence-electron chi connectivity index (χ4n) is 3.61. The molecule has 29 heavy (non-hydrogen) atoms. The molecular formula is C23H28N4O2. The summed E-state index contributed by atoms with van der Waals surface area (Å²) in [6.07, 6.45) is 0.250. The number of amides is 1. The van der Waals surface area contributed by atoms with Crippen molar-refractivity contribution in [3.8, 4) is 17.0 Å². The second-order valence-corrected chi connectivity index (χ2v) is 6.84. The number of ether oxygens (including phenoxy) is 1. The summed E-state index contributed by atoms with van der Waals surface area (Å²) in [6.45, 7) is 7.59. The van der Waals surface area contributed by atoms with Gasteiger partial charge in [-0.2, -0.15) is 0 Å². The lowest BCUT2D eigenvalue weighted by molar-refractivity contribution is -0.106. The Morgan fingerprint density at radius 3 is 2.34 bits per heavy atom. The Morgan fingerprint density at radius 1 is 1.07 bits per heavy atom. The number of rotatable bonds is 4. The lowest BCUT2D eigenvalue weighted by Crippen LogP contribution is -2.46. The van der Waals surface area contributed by atoms with E-state index in [0.717, 1.165) is 55.5 Å². The summed E-state index contributed by atoms with van der Waals surface area (Å²) in [4.78, 5) is 18.6. The van der Waals surface area contributed by atoms with E-state index in [2.05, 4.69) is 64.9 Å². The minimum absolute atomic E-state index is 0.250. The average molecular weight is 393 g/mol. The molecule has 152 valence electrons. The third-order valence-electron chi connectivity index (χ3n) is 5.23. The van der Waals surface area contributed by atoms with Crippen molar-refractivity contribution in [2.45, 2.75) is 6.92 Å². The van der Waals surface area contributed by atoms with Gasteiger partial charge in [0.15, 0.2) is 0 Å². The second-order valence-electron chi connectivity index (χ2n) is 6.84. The van der Waals surface area contributed by atoms with Crippen molar-refractivity contribution in [1.29, 1.82) is 0 Å². The van der Waals surface area contributed by atoms with E-state index in [0.29, 0.717) is 0 Å². The van der Waals surface area contributed by atoms with Gasteiger partial charge in [0.25, 0.3) is 0 Å². The summed E-state index contributed by atoms with van der Waals surface area (Å²) < 4.78 is 5.28. The third kappa shape index (κ3) is 4.84. The first-order chi connectivity index (χ1) is 14.2. The molecule has 1 saturated heterocycles. The molecule has 1 fully saturated rings. The Labute approximate surface area is 171 Å². The molecule has 1 amide bonds. The van der Waals surface area contributed by atoms with Crippen molar-refractivity contribution in [3.63, 3.8) is 0 Å². The van der Waals surface area contributed by atoms with Gasteiger partial charge in [-0.25, -0.2) is 4.98 Å². The molecule has 0 aliphatic carbocycles. The smallest absolute Gasteiger partial charge is 0.204 e. The average Bonchev–Trinajstić information content (AvgIpc) is 2.79. The van der Waals surface area contributed by atoms with Crippen LogP contribution in [0.15, 0.2) is 54.6 Å². The van der Waals surface area contributed by atoms with Crippen LogP contribution in [0.1, 0.15) is 6.92 Å². The van der Waals surface area contributed by atoms with Crippen LogP contribution in [0.4, 0.5) is 5.82 Å². The Morgan fingerprint density at radius 2 is 1.72 bits per heavy atom. The van der Waals surface area contributed by atoms with E-state index in [1.54, 1.807) is 7.11 Å². The van der Waals surface area contributed by atoms with E-state index in [1.165, 1.54) is 10.8 Å². The number of methoxy groups -OCH3 is 1. The number of carbonyl (C=O) groups is 1. The van der Waals surface area contributed by atoms with Gasteiger partial charge in [-0.05, 0) is 42.3 Å². The molecule has 2 N–H and O–H groups in total. The van der Waals surface area contributed by atoms with Crippen molar-refractivity contribution in [1.82, 2.24) is 9.88 Å². The molecule has 2 heterocycles. The van der Waals surface area contributed by atoms with E-state index in [4.69, 9.17) is 14.5 Å².